The van der Waals surface area contributed by atoms with Gasteiger partial charge in [-0.2, -0.15) is 0 Å². The molecular formula is C28H34S8. The van der Waals surface area contributed by atoms with Crippen LogP contribution < -0.4 is 0 Å². The van der Waals surface area contributed by atoms with Gasteiger partial charge in [-0.3, -0.25) is 0 Å². The van der Waals surface area contributed by atoms with Crippen LogP contribution in [0.15, 0.2) is 79.5 Å². The Morgan fingerprint density at radius 3 is 0.944 bits per heavy atom. The van der Waals surface area contributed by atoms with E-state index in [0.29, 0.717) is 0 Å². The van der Waals surface area contributed by atoms with Crippen molar-refractivity contribution in [3.05, 3.63) is 79.5 Å². The lowest BCUT2D eigenvalue weighted by molar-refractivity contribution is 0.739. The molecule has 0 amide bonds. The second kappa shape index (κ2) is 13.4. The summed E-state index contributed by atoms with van der Waals surface area (Å²) in [6.07, 6.45) is 9.72. The smallest absolute Gasteiger partial charge is 0.0525 e. The summed E-state index contributed by atoms with van der Waals surface area (Å²) in [5.41, 5.74) is 3.06. The molecule has 0 nitrogen and oxygen atoms in total. The topological polar surface area (TPSA) is 0 Å². The highest BCUT2D eigenvalue weighted by molar-refractivity contribution is 8.29. The van der Waals surface area contributed by atoms with Crippen molar-refractivity contribution in [1.82, 2.24) is 0 Å². The average Bonchev–Trinajstić information content (AvgIpc) is 3.53. The fourth-order valence-corrected chi connectivity index (χ4v) is 13.7. The fraction of sp³-hybridized carbons (Fsp3) is 0.429. The van der Waals surface area contributed by atoms with Crippen molar-refractivity contribution in [2.75, 3.05) is 0 Å². The Bertz CT molecular complexity index is 1040. The van der Waals surface area contributed by atoms with Crippen molar-refractivity contribution in [2.45, 2.75) is 81.1 Å². The molecule has 0 unspecified atom stereocenters. The normalized spacial score (nSPS) is 20.8. The summed E-state index contributed by atoms with van der Waals surface area (Å²) >= 11 is 15.7. The number of unbranched alkanes of at least 4 members (excludes halogenated alkanes) is 1. The second-order valence-electron chi connectivity index (χ2n) is 9.03. The number of allylic oxidation sites excluding steroid dienone is 12. The Morgan fingerprint density at radius 1 is 0.417 bits per heavy atom. The van der Waals surface area contributed by atoms with Gasteiger partial charge < -0.3 is 0 Å². The molecule has 0 N–H and O–H groups in total. The molecule has 4 aliphatic rings. The molecule has 4 rings (SSSR count). The van der Waals surface area contributed by atoms with Crippen LogP contribution in [-0.4, -0.2) is 0 Å². The van der Waals surface area contributed by atoms with Crippen LogP contribution in [0.3, 0.4) is 0 Å². The zero-order valence-electron chi connectivity index (χ0n) is 22.2. The molecular weight excluding hydrogens is 593 g/mol. The summed E-state index contributed by atoms with van der Waals surface area (Å²) in [5, 5.41) is 0. The third kappa shape index (κ3) is 7.67. The van der Waals surface area contributed by atoms with Gasteiger partial charge in [-0.25, -0.2) is 0 Å². The third-order valence-corrected chi connectivity index (χ3v) is 16.7. The lowest BCUT2D eigenvalue weighted by Crippen LogP contribution is -1.88. The Labute approximate surface area is 252 Å². The first-order valence-corrected chi connectivity index (χ1v) is 18.7. The minimum Gasteiger partial charge on any atom is -0.0867 e. The molecule has 194 valence electrons. The van der Waals surface area contributed by atoms with Crippen LogP contribution in [0.5, 0.6) is 0 Å². The largest absolute Gasteiger partial charge is 0.0867 e. The van der Waals surface area contributed by atoms with Gasteiger partial charge in [0, 0.05) is 8.47 Å². The predicted octanol–water partition coefficient (Wildman–Crippen LogP) is 13.6. The summed E-state index contributed by atoms with van der Waals surface area (Å²) in [6, 6.07) is 0. The summed E-state index contributed by atoms with van der Waals surface area (Å²) in [4.78, 5) is 11.6. The van der Waals surface area contributed by atoms with Crippen LogP contribution in [0.1, 0.15) is 81.1 Å². The van der Waals surface area contributed by atoms with Crippen LogP contribution in [-0.2, 0) is 0 Å². The summed E-state index contributed by atoms with van der Waals surface area (Å²) in [7, 11) is 0. The van der Waals surface area contributed by atoms with Crippen molar-refractivity contribution in [3.8, 4) is 0 Å². The summed E-state index contributed by atoms with van der Waals surface area (Å²) in [5.74, 6) is 0. The van der Waals surface area contributed by atoms with Crippen LogP contribution in [0.25, 0.3) is 0 Å². The Kier molecular flexibility index (Phi) is 11.0. The van der Waals surface area contributed by atoms with Gasteiger partial charge in [0.15, 0.2) is 0 Å². The maximum atomic E-state index is 2.49. The molecule has 4 aliphatic heterocycles. The summed E-state index contributed by atoms with van der Waals surface area (Å²) in [6.45, 7) is 18.0. The van der Waals surface area contributed by atoms with Gasteiger partial charge in [-0.05, 0) is 144 Å². The molecule has 0 aromatic carbocycles. The highest BCUT2D eigenvalue weighted by Crippen LogP contribution is 2.55. The van der Waals surface area contributed by atoms with Gasteiger partial charge >= 0.3 is 0 Å². The van der Waals surface area contributed by atoms with E-state index in [1.54, 1.807) is 0 Å². The SMILES string of the molecule is CC1=C(C)SC(=CC(CCCCC(C=C2SC(C)=C(C)S2)=C2SC(C)=C(C)S2)=C2SC(C)=C(C)S2)S1. The van der Waals surface area contributed by atoms with Crippen LogP contribution in [0.2, 0.25) is 0 Å². The lowest BCUT2D eigenvalue weighted by atomic mass is 10.1. The van der Waals surface area contributed by atoms with E-state index in [4.69, 9.17) is 0 Å². The predicted molar refractivity (Wildman–Crippen MR) is 183 cm³/mol. The monoisotopic (exact) mass is 626 g/mol. The molecule has 0 aromatic rings. The highest BCUT2D eigenvalue weighted by Gasteiger charge is 2.22. The quantitative estimate of drug-likeness (QED) is 0.253. The van der Waals surface area contributed by atoms with E-state index in [2.05, 4.69) is 67.5 Å². The standard InChI is InChI=1S/C28H34S8/c1-15-16(2)30-25(29-15)13-23(27-33-19(5)20(6)34-27)11-9-10-12-24(28-35-21(7)22(8)36-28)14-26-31-17(3)18(4)32-26/h13-14H,9-12H2,1-8H3. The molecule has 0 fully saturated rings. The zero-order valence-corrected chi connectivity index (χ0v) is 28.8. The Morgan fingerprint density at radius 2 is 0.667 bits per heavy atom. The molecule has 4 heterocycles. The molecule has 0 bridgehead atoms. The molecule has 8 heteroatoms. The molecule has 0 aromatic heterocycles. The number of hydrogen-bond acceptors (Lipinski definition) is 8. The van der Waals surface area contributed by atoms with Gasteiger partial charge in [0.1, 0.15) is 0 Å². The van der Waals surface area contributed by atoms with Gasteiger partial charge in [0.25, 0.3) is 0 Å². The second-order valence-corrected chi connectivity index (χ2v) is 20.0. The van der Waals surface area contributed by atoms with Crippen molar-refractivity contribution in [1.29, 1.82) is 0 Å². The van der Waals surface area contributed by atoms with Crippen molar-refractivity contribution in [2.24, 2.45) is 0 Å². The third-order valence-electron chi connectivity index (χ3n) is 6.23. The first-order chi connectivity index (χ1) is 17.1. The van der Waals surface area contributed by atoms with E-state index in [0.717, 1.165) is 12.8 Å². The first kappa shape index (κ1) is 29.7. The highest BCUT2D eigenvalue weighted by atomic mass is 32.2. The number of hydrogen-bond donors (Lipinski definition) is 0. The molecule has 0 saturated heterocycles. The molecule has 36 heavy (non-hydrogen) atoms. The van der Waals surface area contributed by atoms with E-state index in [-0.39, 0.29) is 0 Å². The fourth-order valence-electron chi connectivity index (χ4n) is 3.58. The van der Waals surface area contributed by atoms with E-state index >= 15 is 0 Å². The molecule has 0 aliphatic carbocycles. The van der Waals surface area contributed by atoms with E-state index < -0.39 is 0 Å². The van der Waals surface area contributed by atoms with Crippen molar-refractivity contribution < 1.29 is 0 Å². The Balaban J connectivity index is 1.45. The van der Waals surface area contributed by atoms with Gasteiger partial charge in [0.2, 0.25) is 0 Å². The van der Waals surface area contributed by atoms with Crippen molar-refractivity contribution in [3.63, 3.8) is 0 Å². The molecule has 0 saturated carbocycles. The van der Waals surface area contributed by atoms with E-state index in [1.165, 1.54) is 80.2 Å². The first-order valence-electron chi connectivity index (χ1n) is 12.1. The number of rotatable bonds is 7. The van der Waals surface area contributed by atoms with Gasteiger partial charge in [-0.1, -0.05) is 94.1 Å². The number of thioether (sulfide) groups is 8. The van der Waals surface area contributed by atoms with Crippen molar-refractivity contribution >= 4 is 94.1 Å². The average molecular weight is 627 g/mol. The molecule has 0 spiro atoms. The van der Waals surface area contributed by atoms with Gasteiger partial charge in [-0.15, -0.1) is 0 Å². The summed E-state index contributed by atoms with van der Waals surface area (Å²) < 4.78 is 5.87. The lowest BCUT2D eigenvalue weighted by Gasteiger charge is -2.11. The minimum absolute atomic E-state index is 1.15. The van der Waals surface area contributed by atoms with Crippen LogP contribution in [0, 0.1) is 0 Å². The van der Waals surface area contributed by atoms with Crippen LogP contribution in [0.4, 0.5) is 0 Å². The maximum Gasteiger partial charge on any atom is 0.0525 e. The maximum absolute atomic E-state index is 2.49. The minimum atomic E-state index is 1.15. The molecule has 0 radical (unpaired) electrons. The zero-order chi connectivity index (χ0) is 26.0. The van der Waals surface area contributed by atoms with Crippen LogP contribution >= 0.6 is 94.1 Å². The Hall–Kier alpha value is 0.720. The van der Waals surface area contributed by atoms with E-state index in [9.17, 15) is 0 Å². The molecule has 0 atom stereocenters. The van der Waals surface area contributed by atoms with Gasteiger partial charge in [0.05, 0.1) is 8.47 Å². The van der Waals surface area contributed by atoms with E-state index in [1.807, 2.05) is 94.1 Å².